The maximum atomic E-state index is 10.7. The van der Waals surface area contributed by atoms with Crippen LogP contribution in [-0.2, 0) is 4.79 Å². The van der Waals surface area contributed by atoms with Crippen molar-refractivity contribution in [3.8, 4) is 0 Å². The van der Waals surface area contributed by atoms with Gasteiger partial charge in [0.1, 0.15) is 0 Å². The van der Waals surface area contributed by atoms with Crippen molar-refractivity contribution >= 4 is 5.97 Å². The quantitative estimate of drug-likeness (QED) is 0.705. The van der Waals surface area contributed by atoms with E-state index < -0.39 is 5.97 Å². The summed E-state index contributed by atoms with van der Waals surface area (Å²) in [7, 11) is 0. The van der Waals surface area contributed by atoms with Crippen molar-refractivity contribution in [1.29, 1.82) is 0 Å². The monoisotopic (exact) mass is 229 g/mol. The lowest BCUT2D eigenvalue weighted by Crippen LogP contribution is -2.39. The number of carboxylic acids is 1. The van der Waals surface area contributed by atoms with Crippen LogP contribution >= 0.6 is 0 Å². The van der Waals surface area contributed by atoms with Gasteiger partial charge in [-0.05, 0) is 16.7 Å². The first-order chi connectivity index (χ1) is 7.07. The molecule has 0 heterocycles. The van der Waals surface area contributed by atoms with Gasteiger partial charge in [0, 0.05) is 13.1 Å². The number of carbonyl (C=O) groups is 1. The van der Waals surface area contributed by atoms with Gasteiger partial charge < -0.3 is 10.4 Å². The van der Waals surface area contributed by atoms with E-state index in [2.05, 4.69) is 33.0 Å². The lowest BCUT2D eigenvalue weighted by molar-refractivity contribution is -0.139. The Labute approximate surface area is 99.6 Å². The molecule has 0 amide bonds. The maximum Gasteiger partial charge on any atom is 0.303 e. The second kappa shape index (κ2) is 5.67. The van der Waals surface area contributed by atoms with Crippen LogP contribution in [0.15, 0.2) is 0 Å². The molecular weight excluding hydrogens is 202 g/mol. The lowest BCUT2D eigenvalue weighted by Gasteiger charge is -2.32. The Bertz CT molecular complexity index is 232. The highest BCUT2D eigenvalue weighted by molar-refractivity contribution is 5.67. The van der Waals surface area contributed by atoms with Crippen LogP contribution in [0.1, 0.15) is 48.0 Å². The van der Waals surface area contributed by atoms with Crippen molar-refractivity contribution in [2.45, 2.75) is 48.0 Å². The maximum absolute atomic E-state index is 10.7. The van der Waals surface area contributed by atoms with Gasteiger partial charge >= 0.3 is 5.97 Å². The van der Waals surface area contributed by atoms with Gasteiger partial charge in [0.15, 0.2) is 0 Å². The minimum atomic E-state index is -0.727. The Balaban J connectivity index is 4.02. The summed E-state index contributed by atoms with van der Waals surface area (Å²) in [6.45, 7) is 14.5. The zero-order valence-corrected chi connectivity index (χ0v) is 11.6. The summed E-state index contributed by atoms with van der Waals surface area (Å²) < 4.78 is 0. The molecular formula is C13H27NO2. The van der Waals surface area contributed by atoms with Crippen molar-refractivity contribution in [3.05, 3.63) is 0 Å². The summed E-state index contributed by atoms with van der Waals surface area (Å²) in [6.07, 6.45) is 0.210. The molecule has 0 fully saturated rings. The molecule has 0 aliphatic heterocycles. The first kappa shape index (κ1) is 15.4. The average molecular weight is 229 g/mol. The van der Waals surface area contributed by atoms with E-state index in [4.69, 9.17) is 5.11 Å². The summed E-state index contributed by atoms with van der Waals surface area (Å²) in [5.41, 5.74) is 0.0677. The first-order valence-electron chi connectivity index (χ1n) is 5.99. The Hall–Kier alpha value is -0.570. The molecule has 16 heavy (non-hydrogen) atoms. The van der Waals surface area contributed by atoms with E-state index in [1.807, 2.05) is 13.8 Å². The molecule has 0 aliphatic carbocycles. The molecule has 0 bridgehead atoms. The van der Waals surface area contributed by atoms with Crippen molar-refractivity contribution in [1.82, 2.24) is 5.32 Å². The fourth-order valence-corrected chi connectivity index (χ4v) is 1.40. The highest BCUT2D eigenvalue weighted by Gasteiger charge is 2.25. The summed E-state index contributed by atoms with van der Waals surface area (Å²) in [6, 6.07) is 0. The molecule has 0 spiro atoms. The fourth-order valence-electron chi connectivity index (χ4n) is 1.40. The summed E-state index contributed by atoms with van der Waals surface area (Å²) >= 11 is 0. The molecule has 0 unspecified atom stereocenters. The number of nitrogens with one attached hydrogen (secondary N) is 1. The SMILES string of the molecule is CC(C)C(C)(C)CNCC(C)(C)CC(=O)O. The molecule has 0 saturated carbocycles. The third kappa shape index (κ3) is 6.11. The Morgan fingerprint density at radius 1 is 1.19 bits per heavy atom. The third-order valence-corrected chi connectivity index (χ3v) is 3.38. The minimum absolute atomic E-state index is 0.182. The van der Waals surface area contributed by atoms with E-state index in [0.29, 0.717) is 5.92 Å². The second-order valence-corrected chi connectivity index (χ2v) is 6.48. The van der Waals surface area contributed by atoms with Crippen molar-refractivity contribution < 1.29 is 9.90 Å². The van der Waals surface area contributed by atoms with Crippen LogP contribution in [0.4, 0.5) is 0 Å². The van der Waals surface area contributed by atoms with Crippen LogP contribution in [0.5, 0.6) is 0 Å². The molecule has 2 N–H and O–H groups in total. The van der Waals surface area contributed by atoms with Crippen LogP contribution in [0, 0.1) is 16.7 Å². The Morgan fingerprint density at radius 3 is 2.06 bits per heavy atom. The molecule has 3 nitrogen and oxygen atoms in total. The third-order valence-electron chi connectivity index (χ3n) is 3.38. The van der Waals surface area contributed by atoms with Gasteiger partial charge in [-0.15, -0.1) is 0 Å². The van der Waals surface area contributed by atoms with E-state index in [-0.39, 0.29) is 17.3 Å². The summed E-state index contributed by atoms with van der Waals surface area (Å²) in [4.78, 5) is 10.7. The van der Waals surface area contributed by atoms with E-state index in [1.165, 1.54) is 0 Å². The molecule has 0 aliphatic rings. The van der Waals surface area contributed by atoms with Crippen molar-refractivity contribution in [2.24, 2.45) is 16.7 Å². The Morgan fingerprint density at radius 2 is 1.69 bits per heavy atom. The smallest absolute Gasteiger partial charge is 0.303 e. The molecule has 0 atom stereocenters. The molecule has 0 aromatic carbocycles. The highest BCUT2D eigenvalue weighted by Crippen LogP contribution is 2.25. The van der Waals surface area contributed by atoms with E-state index in [0.717, 1.165) is 13.1 Å². The van der Waals surface area contributed by atoms with Crippen LogP contribution in [-0.4, -0.2) is 24.2 Å². The highest BCUT2D eigenvalue weighted by atomic mass is 16.4. The first-order valence-corrected chi connectivity index (χ1v) is 5.99. The number of carboxylic acid groups (broad SMARTS) is 1. The fraction of sp³-hybridized carbons (Fsp3) is 0.923. The van der Waals surface area contributed by atoms with Crippen LogP contribution in [0.3, 0.4) is 0 Å². The predicted octanol–water partition coefficient (Wildman–Crippen LogP) is 2.76. The van der Waals surface area contributed by atoms with E-state index in [1.54, 1.807) is 0 Å². The van der Waals surface area contributed by atoms with Crippen LogP contribution < -0.4 is 5.32 Å². The number of hydrogen-bond donors (Lipinski definition) is 2. The predicted molar refractivity (Wildman–Crippen MR) is 67.5 cm³/mol. The molecule has 3 heteroatoms. The average Bonchev–Trinajstić information content (AvgIpc) is 1.99. The minimum Gasteiger partial charge on any atom is -0.481 e. The van der Waals surface area contributed by atoms with Gasteiger partial charge in [-0.2, -0.15) is 0 Å². The molecule has 0 aromatic heterocycles. The van der Waals surface area contributed by atoms with Gasteiger partial charge in [0.25, 0.3) is 0 Å². The van der Waals surface area contributed by atoms with Crippen LogP contribution in [0.2, 0.25) is 0 Å². The van der Waals surface area contributed by atoms with Gasteiger partial charge in [0.2, 0.25) is 0 Å². The zero-order chi connectivity index (χ0) is 13.0. The standard InChI is InChI=1S/C13H27NO2/c1-10(2)13(5,6)9-14-8-12(3,4)7-11(15)16/h10,14H,7-9H2,1-6H3,(H,15,16). The summed E-state index contributed by atoms with van der Waals surface area (Å²) in [5.74, 6) is -0.113. The zero-order valence-electron chi connectivity index (χ0n) is 11.6. The lowest BCUT2D eigenvalue weighted by atomic mass is 9.80. The van der Waals surface area contributed by atoms with Gasteiger partial charge in [-0.1, -0.05) is 41.5 Å². The molecule has 0 radical (unpaired) electrons. The van der Waals surface area contributed by atoms with E-state index in [9.17, 15) is 4.79 Å². The second-order valence-electron chi connectivity index (χ2n) is 6.48. The number of rotatable bonds is 7. The Kier molecular flexibility index (Phi) is 5.47. The van der Waals surface area contributed by atoms with Crippen molar-refractivity contribution in [2.75, 3.05) is 13.1 Å². The van der Waals surface area contributed by atoms with Gasteiger partial charge in [0.05, 0.1) is 6.42 Å². The molecule has 0 aromatic rings. The van der Waals surface area contributed by atoms with Gasteiger partial charge in [-0.3, -0.25) is 4.79 Å². The van der Waals surface area contributed by atoms with E-state index >= 15 is 0 Å². The topological polar surface area (TPSA) is 49.3 Å². The summed E-state index contributed by atoms with van der Waals surface area (Å²) in [5, 5.41) is 12.2. The number of aliphatic carboxylic acids is 1. The molecule has 0 saturated heterocycles. The number of hydrogen-bond acceptors (Lipinski definition) is 2. The largest absolute Gasteiger partial charge is 0.481 e. The van der Waals surface area contributed by atoms with Gasteiger partial charge in [-0.25, -0.2) is 0 Å². The molecule has 96 valence electrons. The van der Waals surface area contributed by atoms with Crippen molar-refractivity contribution in [3.63, 3.8) is 0 Å². The van der Waals surface area contributed by atoms with Crippen LogP contribution in [0.25, 0.3) is 0 Å². The molecule has 0 rings (SSSR count). The normalized spacial score (nSPS) is 13.2.